The normalized spacial score (nSPS) is 12.2. The van der Waals surface area contributed by atoms with E-state index in [0.717, 1.165) is 59.3 Å². The molecule has 0 amide bonds. The van der Waals surface area contributed by atoms with Crippen molar-refractivity contribution in [1.29, 1.82) is 0 Å². The lowest BCUT2D eigenvalue weighted by Gasteiger charge is -2.11. The lowest BCUT2D eigenvalue weighted by atomic mass is 10.00. The third kappa shape index (κ3) is 4.51. The summed E-state index contributed by atoms with van der Waals surface area (Å²) in [6, 6.07) is 10.5. The molecule has 1 atom stereocenters. The molecule has 0 spiro atoms. The van der Waals surface area contributed by atoms with Crippen molar-refractivity contribution >= 4 is 0 Å². The Morgan fingerprint density at radius 2 is 1.88 bits per heavy atom. The first-order valence-corrected chi connectivity index (χ1v) is 11.6. The van der Waals surface area contributed by atoms with Gasteiger partial charge in [-0.25, -0.2) is 9.89 Å². The highest BCUT2D eigenvalue weighted by Gasteiger charge is 2.19. The number of nitrogens with one attached hydrogen (secondary N) is 1. The van der Waals surface area contributed by atoms with E-state index in [1.54, 1.807) is 12.4 Å². The lowest BCUT2D eigenvalue weighted by molar-refractivity contribution is 0.496. The topological polar surface area (TPSA) is 94.3 Å². The number of H-pyrrole nitrogens is 1. The molecule has 4 aromatic rings. The first-order chi connectivity index (χ1) is 16.0. The van der Waals surface area contributed by atoms with Gasteiger partial charge in [0.2, 0.25) is 0 Å². The van der Waals surface area contributed by atoms with Gasteiger partial charge in [-0.2, -0.15) is 0 Å². The monoisotopic (exact) mass is 445 g/mol. The molecular formula is C25H31N7O. The van der Waals surface area contributed by atoms with Gasteiger partial charge in [0.05, 0.1) is 6.54 Å². The molecule has 3 aromatic heterocycles. The molecule has 1 unspecified atom stereocenters. The molecule has 8 nitrogen and oxygen atoms in total. The third-order valence-electron chi connectivity index (χ3n) is 6.37. The van der Waals surface area contributed by atoms with Crippen molar-refractivity contribution in [3.05, 3.63) is 70.2 Å². The quantitative estimate of drug-likeness (QED) is 0.407. The number of hydrogen-bond acceptors (Lipinski definition) is 5. The number of benzene rings is 1. The zero-order chi connectivity index (χ0) is 23.4. The Labute approximate surface area is 193 Å². The average Bonchev–Trinajstić information content (AvgIpc) is 3.45. The molecule has 4 rings (SSSR count). The largest absolute Gasteiger partial charge is 0.329 e. The third-order valence-corrected chi connectivity index (χ3v) is 6.37. The average molecular weight is 446 g/mol. The molecule has 0 aliphatic carbocycles. The minimum absolute atomic E-state index is 0.0891. The lowest BCUT2D eigenvalue weighted by Crippen LogP contribution is -2.27. The van der Waals surface area contributed by atoms with E-state index in [1.165, 1.54) is 0 Å². The zero-order valence-electron chi connectivity index (χ0n) is 19.7. The fourth-order valence-electron chi connectivity index (χ4n) is 4.33. The predicted octanol–water partition coefficient (Wildman–Crippen LogP) is 4.56. The maximum Gasteiger partial charge on any atom is 0.329 e. The van der Waals surface area contributed by atoms with Crippen LogP contribution in [0.5, 0.6) is 0 Å². The summed E-state index contributed by atoms with van der Waals surface area (Å²) in [6.07, 6.45) is 7.55. The summed E-state index contributed by atoms with van der Waals surface area (Å²) in [5, 5.41) is 14.2. The smallest absolute Gasteiger partial charge is 0.294 e. The van der Waals surface area contributed by atoms with Crippen molar-refractivity contribution in [3.8, 4) is 22.5 Å². The first-order valence-electron chi connectivity index (χ1n) is 11.6. The Kier molecular flexibility index (Phi) is 6.82. The molecule has 0 saturated heterocycles. The molecular weight excluding hydrogens is 414 g/mol. The highest BCUT2D eigenvalue weighted by Crippen LogP contribution is 2.29. The van der Waals surface area contributed by atoms with E-state index in [4.69, 9.17) is 0 Å². The van der Waals surface area contributed by atoms with Gasteiger partial charge < -0.3 is 0 Å². The number of pyridine rings is 1. The highest BCUT2D eigenvalue weighted by atomic mass is 16.1. The van der Waals surface area contributed by atoms with E-state index in [0.29, 0.717) is 12.4 Å². The van der Waals surface area contributed by atoms with Crippen LogP contribution < -0.4 is 5.69 Å². The predicted molar refractivity (Wildman–Crippen MR) is 129 cm³/mol. The number of aromatic nitrogens is 7. The van der Waals surface area contributed by atoms with E-state index in [9.17, 15) is 4.79 Å². The van der Waals surface area contributed by atoms with Crippen LogP contribution in [0.1, 0.15) is 63.0 Å². The zero-order valence-corrected chi connectivity index (χ0v) is 19.7. The SMILES string of the molecule is CCCCc1c(C)n(C(C)CC)c(=O)n1Cc1ccc(-c2ccncc2-c2nnn[nH]2)cc1. The van der Waals surface area contributed by atoms with Crippen LogP contribution in [0.4, 0.5) is 0 Å². The summed E-state index contributed by atoms with van der Waals surface area (Å²) in [7, 11) is 0. The second-order valence-electron chi connectivity index (χ2n) is 8.50. The second kappa shape index (κ2) is 9.94. The summed E-state index contributed by atoms with van der Waals surface area (Å²) >= 11 is 0. The minimum Gasteiger partial charge on any atom is -0.294 e. The standard InChI is InChI=1S/C25H31N7O/c1-5-7-8-23-18(4)32(17(3)6-2)25(33)31(23)16-19-9-11-20(12-10-19)21-13-14-26-15-22(21)24-27-29-30-28-24/h9-15,17H,5-8,16H2,1-4H3,(H,27,28,29,30). The van der Waals surface area contributed by atoms with Crippen molar-refractivity contribution < 1.29 is 0 Å². The van der Waals surface area contributed by atoms with Crippen LogP contribution in [0, 0.1) is 6.92 Å². The van der Waals surface area contributed by atoms with Gasteiger partial charge in [0.1, 0.15) is 0 Å². The molecule has 8 heteroatoms. The van der Waals surface area contributed by atoms with Gasteiger partial charge in [0.25, 0.3) is 0 Å². The minimum atomic E-state index is 0.0891. The molecule has 1 N–H and O–H groups in total. The van der Waals surface area contributed by atoms with Gasteiger partial charge in [0.15, 0.2) is 5.82 Å². The molecule has 0 bridgehead atoms. The van der Waals surface area contributed by atoms with Crippen molar-refractivity contribution in [2.45, 2.75) is 66.0 Å². The molecule has 1 aromatic carbocycles. The van der Waals surface area contributed by atoms with Crippen LogP contribution in [0.3, 0.4) is 0 Å². The van der Waals surface area contributed by atoms with Crippen molar-refractivity contribution in [2.24, 2.45) is 0 Å². The maximum atomic E-state index is 13.3. The Morgan fingerprint density at radius 1 is 1.09 bits per heavy atom. The Hall–Kier alpha value is -3.55. The highest BCUT2D eigenvalue weighted by molar-refractivity contribution is 5.79. The molecule has 0 radical (unpaired) electrons. The van der Waals surface area contributed by atoms with Crippen LogP contribution in [-0.4, -0.2) is 34.7 Å². The molecule has 0 fully saturated rings. The van der Waals surface area contributed by atoms with Gasteiger partial charge in [-0.05, 0) is 66.3 Å². The molecule has 33 heavy (non-hydrogen) atoms. The summed E-state index contributed by atoms with van der Waals surface area (Å²) < 4.78 is 3.93. The van der Waals surface area contributed by atoms with Crippen molar-refractivity contribution in [3.63, 3.8) is 0 Å². The van der Waals surface area contributed by atoms with Crippen LogP contribution in [0.15, 0.2) is 47.5 Å². The summed E-state index contributed by atoms with van der Waals surface area (Å²) in [6.45, 7) is 9.08. The second-order valence-corrected chi connectivity index (χ2v) is 8.50. The molecule has 3 heterocycles. The Morgan fingerprint density at radius 3 is 2.55 bits per heavy atom. The first kappa shape index (κ1) is 22.6. The number of rotatable bonds is 9. The van der Waals surface area contributed by atoms with Crippen LogP contribution in [-0.2, 0) is 13.0 Å². The number of aromatic amines is 1. The Bertz CT molecular complexity index is 1250. The van der Waals surface area contributed by atoms with E-state index in [1.807, 2.05) is 15.2 Å². The summed E-state index contributed by atoms with van der Waals surface area (Å²) in [4.78, 5) is 17.6. The molecule has 0 saturated carbocycles. The number of tetrazole rings is 1. The van der Waals surface area contributed by atoms with E-state index in [2.05, 4.69) is 77.6 Å². The van der Waals surface area contributed by atoms with Gasteiger partial charge in [-0.1, -0.05) is 44.5 Å². The molecule has 0 aliphatic rings. The van der Waals surface area contributed by atoms with E-state index in [-0.39, 0.29) is 11.7 Å². The van der Waals surface area contributed by atoms with E-state index < -0.39 is 0 Å². The van der Waals surface area contributed by atoms with Crippen molar-refractivity contribution in [1.82, 2.24) is 34.7 Å². The fourth-order valence-corrected chi connectivity index (χ4v) is 4.33. The Balaban J connectivity index is 1.67. The number of unbranched alkanes of at least 4 members (excludes halogenated alkanes) is 1. The van der Waals surface area contributed by atoms with Gasteiger partial charge in [-0.3, -0.25) is 14.1 Å². The number of imidazole rings is 1. The van der Waals surface area contributed by atoms with Crippen LogP contribution in [0.2, 0.25) is 0 Å². The van der Waals surface area contributed by atoms with Crippen LogP contribution >= 0.6 is 0 Å². The van der Waals surface area contributed by atoms with Crippen LogP contribution in [0.25, 0.3) is 22.5 Å². The van der Waals surface area contributed by atoms with Gasteiger partial charge in [0, 0.05) is 35.4 Å². The number of nitrogens with zero attached hydrogens (tertiary/aromatic N) is 6. The maximum absolute atomic E-state index is 13.3. The van der Waals surface area contributed by atoms with Crippen molar-refractivity contribution in [2.75, 3.05) is 0 Å². The fraction of sp³-hybridized carbons (Fsp3) is 0.400. The molecule has 172 valence electrons. The van der Waals surface area contributed by atoms with Gasteiger partial charge >= 0.3 is 5.69 Å². The summed E-state index contributed by atoms with van der Waals surface area (Å²) in [5.74, 6) is 0.580. The number of hydrogen-bond donors (Lipinski definition) is 1. The summed E-state index contributed by atoms with van der Waals surface area (Å²) in [5.41, 5.74) is 6.31. The van der Waals surface area contributed by atoms with Gasteiger partial charge in [-0.15, -0.1) is 5.10 Å². The van der Waals surface area contributed by atoms with E-state index >= 15 is 0 Å². The molecule has 0 aliphatic heterocycles.